The van der Waals surface area contributed by atoms with E-state index in [1.54, 1.807) is 23.5 Å². The highest BCUT2D eigenvalue weighted by molar-refractivity contribution is 9.08. The lowest BCUT2D eigenvalue weighted by atomic mass is 9.87. The molecule has 0 aliphatic heterocycles. The first kappa shape index (κ1) is 16.0. The molecule has 3 nitrogen and oxygen atoms in total. The van der Waals surface area contributed by atoms with E-state index in [1.807, 2.05) is 12.1 Å². The Kier molecular flexibility index (Phi) is 5.26. The highest BCUT2D eigenvalue weighted by Gasteiger charge is 2.30. The molecular weight excluding hydrogens is 338 g/mol. The smallest absolute Gasteiger partial charge is 0.207 e. The van der Waals surface area contributed by atoms with Crippen LogP contribution in [-0.4, -0.2) is 25.8 Å². The minimum absolute atomic E-state index is 0.139. The third-order valence-electron chi connectivity index (χ3n) is 4.18. The third kappa shape index (κ3) is 3.43. The Balaban J connectivity index is 2.19. The Hall–Kier alpha value is -0.390. The summed E-state index contributed by atoms with van der Waals surface area (Å²) in [7, 11) is -1.65. The lowest BCUT2D eigenvalue weighted by Crippen LogP contribution is -2.39. The van der Waals surface area contributed by atoms with Gasteiger partial charge in [-0.1, -0.05) is 47.8 Å². The molecule has 0 amide bonds. The molecule has 2 rings (SSSR count). The van der Waals surface area contributed by atoms with E-state index in [9.17, 15) is 8.42 Å². The van der Waals surface area contributed by atoms with Gasteiger partial charge in [0.1, 0.15) is 0 Å². The van der Waals surface area contributed by atoms with Crippen LogP contribution in [0.3, 0.4) is 0 Å². The number of alkyl halides is 1. The minimum Gasteiger partial charge on any atom is -0.207 e. The van der Waals surface area contributed by atoms with E-state index in [0.717, 1.165) is 30.2 Å². The molecule has 2 atom stereocenters. The van der Waals surface area contributed by atoms with Gasteiger partial charge in [-0.3, -0.25) is 0 Å². The van der Waals surface area contributed by atoms with Gasteiger partial charge in [-0.05, 0) is 36.5 Å². The molecule has 1 aromatic carbocycles. The predicted octanol–water partition coefficient (Wildman–Crippen LogP) is 3.78. The normalized spacial score (nSPS) is 24.0. The monoisotopic (exact) mass is 359 g/mol. The van der Waals surface area contributed by atoms with Gasteiger partial charge in [0.25, 0.3) is 0 Å². The molecule has 1 aliphatic carbocycles. The zero-order valence-electron chi connectivity index (χ0n) is 12.0. The fourth-order valence-corrected chi connectivity index (χ4v) is 4.62. The molecular formula is C15H22BrNO2S. The average Bonchev–Trinajstić information content (AvgIpc) is 2.46. The van der Waals surface area contributed by atoms with Gasteiger partial charge in [-0.25, -0.2) is 8.42 Å². The molecule has 1 saturated carbocycles. The topological polar surface area (TPSA) is 37.4 Å². The maximum atomic E-state index is 12.7. The number of nitrogens with zero attached hydrogens (tertiary/aromatic N) is 1. The largest absolute Gasteiger partial charge is 0.243 e. The molecule has 0 saturated heterocycles. The summed E-state index contributed by atoms with van der Waals surface area (Å²) < 4.78 is 26.9. The highest BCUT2D eigenvalue weighted by Crippen LogP contribution is 2.29. The predicted molar refractivity (Wildman–Crippen MR) is 85.4 cm³/mol. The van der Waals surface area contributed by atoms with Crippen molar-refractivity contribution in [3.05, 3.63) is 29.8 Å². The summed E-state index contributed by atoms with van der Waals surface area (Å²) in [5.74, 6) is 0.613. The fourth-order valence-electron chi connectivity index (χ4n) is 2.85. The van der Waals surface area contributed by atoms with Crippen molar-refractivity contribution in [1.82, 2.24) is 4.31 Å². The second-order valence-corrected chi connectivity index (χ2v) is 8.28. The molecule has 1 aliphatic rings. The summed E-state index contributed by atoms with van der Waals surface area (Å²) >= 11 is 3.37. The van der Waals surface area contributed by atoms with E-state index in [4.69, 9.17) is 0 Å². The first-order chi connectivity index (χ1) is 9.45. The van der Waals surface area contributed by atoms with Crippen LogP contribution < -0.4 is 0 Å². The van der Waals surface area contributed by atoms with Gasteiger partial charge in [0.2, 0.25) is 10.0 Å². The van der Waals surface area contributed by atoms with Crippen molar-refractivity contribution in [3.8, 4) is 0 Å². The van der Waals surface area contributed by atoms with Crippen molar-refractivity contribution >= 4 is 26.0 Å². The van der Waals surface area contributed by atoms with Crippen LogP contribution in [0, 0.1) is 5.92 Å². The van der Waals surface area contributed by atoms with Gasteiger partial charge in [-0.2, -0.15) is 4.31 Å². The van der Waals surface area contributed by atoms with Crippen LogP contribution in [0.4, 0.5) is 0 Å². The van der Waals surface area contributed by atoms with Gasteiger partial charge >= 0.3 is 0 Å². The third-order valence-corrected chi connectivity index (χ3v) is 6.75. The van der Waals surface area contributed by atoms with Crippen molar-refractivity contribution in [2.75, 3.05) is 7.05 Å². The number of benzene rings is 1. The van der Waals surface area contributed by atoms with Gasteiger partial charge < -0.3 is 0 Å². The zero-order chi connectivity index (χ0) is 14.8. The van der Waals surface area contributed by atoms with E-state index >= 15 is 0 Å². The molecule has 0 heterocycles. The Labute approximate surface area is 130 Å². The summed E-state index contributed by atoms with van der Waals surface area (Å²) in [6.07, 6.45) is 4.27. The fraction of sp³-hybridized carbons (Fsp3) is 0.600. The van der Waals surface area contributed by atoms with E-state index in [1.165, 1.54) is 6.42 Å². The second kappa shape index (κ2) is 6.58. The van der Waals surface area contributed by atoms with Crippen molar-refractivity contribution in [3.63, 3.8) is 0 Å². The molecule has 1 aromatic rings. The maximum Gasteiger partial charge on any atom is 0.243 e. The number of hydrogen-bond acceptors (Lipinski definition) is 2. The van der Waals surface area contributed by atoms with Crippen molar-refractivity contribution in [2.24, 2.45) is 5.92 Å². The van der Waals surface area contributed by atoms with E-state index in [-0.39, 0.29) is 6.04 Å². The molecule has 1 fully saturated rings. The lowest BCUT2D eigenvalue weighted by molar-refractivity contribution is 0.239. The molecule has 0 bridgehead atoms. The van der Waals surface area contributed by atoms with Crippen LogP contribution in [-0.2, 0) is 15.4 Å². The number of hydrogen-bond donors (Lipinski definition) is 0. The van der Waals surface area contributed by atoms with E-state index in [0.29, 0.717) is 10.8 Å². The molecule has 20 heavy (non-hydrogen) atoms. The van der Waals surface area contributed by atoms with Crippen molar-refractivity contribution < 1.29 is 8.42 Å². The van der Waals surface area contributed by atoms with Crippen LogP contribution in [0.2, 0.25) is 0 Å². The van der Waals surface area contributed by atoms with Crippen LogP contribution in [0.5, 0.6) is 0 Å². The summed E-state index contributed by atoms with van der Waals surface area (Å²) in [4.78, 5) is 0.392. The Morgan fingerprint density at radius 2 is 1.90 bits per heavy atom. The SMILES string of the molecule is CC1CCCC(N(C)S(=O)(=O)c2ccc(CBr)cc2)C1. The molecule has 5 heteroatoms. The van der Waals surface area contributed by atoms with Crippen molar-refractivity contribution in [2.45, 2.75) is 48.9 Å². The van der Waals surface area contributed by atoms with Crippen LogP contribution >= 0.6 is 15.9 Å². The first-order valence-electron chi connectivity index (χ1n) is 7.08. The lowest BCUT2D eigenvalue weighted by Gasteiger charge is -2.33. The molecule has 112 valence electrons. The van der Waals surface area contributed by atoms with Crippen LogP contribution in [0.1, 0.15) is 38.2 Å². The van der Waals surface area contributed by atoms with E-state index in [2.05, 4.69) is 22.9 Å². The van der Waals surface area contributed by atoms with Gasteiger partial charge in [0.05, 0.1) is 4.90 Å². The number of halogens is 1. The van der Waals surface area contributed by atoms with Gasteiger partial charge in [-0.15, -0.1) is 0 Å². The Bertz CT molecular complexity index is 541. The van der Waals surface area contributed by atoms with E-state index < -0.39 is 10.0 Å². The quantitative estimate of drug-likeness (QED) is 0.767. The summed E-state index contributed by atoms with van der Waals surface area (Å²) in [6, 6.07) is 7.26. The average molecular weight is 360 g/mol. The minimum atomic E-state index is -3.37. The highest BCUT2D eigenvalue weighted by atomic mass is 79.9. The molecule has 2 unspecified atom stereocenters. The van der Waals surface area contributed by atoms with Crippen LogP contribution in [0.15, 0.2) is 29.2 Å². The summed E-state index contributed by atoms with van der Waals surface area (Å²) in [5, 5.41) is 0.739. The second-order valence-electron chi connectivity index (χ2n) is 5.72. The summed E-state index contributed by atoms with van der Waals surface area (Å²) in [5.41, 5.74) is 1.08. The summed E-state index contributed by atoms with van der Waals surface area (Å²) in [6.45, 7) is 2.21. The Morgan fingerprint density at radius 3 is 2.45 bits per heavy atom. The molecule has 0 aromatic heterocycles. The standard InChI is InChI=1S/C15H22BrNO2S/c1-12-4-3-5-14(10-12)17(2)20(18,19)15-8-6-13(11-16)7-9-15/h6-9,12,14H,3-5,10-11H2,1-2H3. The maximum absolute atomic E-state index is 12.7. The number of rotatable bonds is 4. The Morgan fingerprint density at radius 1 is 1.25 bits per heavy atom. The number of sulfonamides is 1. The molecule has 0 spiro atoms. The molecule has 0 N–H and O–H groups in total. The van der Waals surface area contributed by atoms with Gasteiger partial charge in [0, 0.05) is 18.4 Å². The van der Waals surface area contributed by atoms with Crippen molar-refractivity contribution in [1.29, 1.82) is 0 Å². The van der Waals surface area contributed by atoms with Gasteiger partial charge in [0.15, 0.2) is 0 Å². The molecule has 0 radical (unpaired) electrons. The van der Waals surface area contributed by atoms with Crippen LogP contribution in [0.25, 0.3) is 0 Å². The zero-order valence-corrected chi connectivity index (χ0v) is 14.5. The first-order valence-corrected chi connectivity index (χ1v) is 9.64.